The van der Waals surface area contributed by atoms with Gasteiger partial charge >= 0.3 is 0 Å². The SMILES string of the molecule is Cc1cc2c(cc(C(=O)N3CCC(C(=O)NCCCN4CCCC4)CC3)n2Cc2c(F)cccc2Cl)o1. The molecular formula is C28H34ClFN4O3. The lowest BCUT2D eigenvalue weighted by Gasteiger charge is -2.31. The smallest absolute Gasteiger partial charge is 0.270 e. The van der Waals surface area contributed by atoms with Gasteiger partial charge in [0.25, 0.3) is 5.91 Å². The highest BCUT2D eigenvalue weighted by Crippen LogP contribution is 2.29. The lowest BCUT2D eigenvalue weighted by Crippen LogP contribution is -2.43. The molecule has 2 amide bonds. The molecule has 0 atom stereocenters. The van der Waals surface area contributed by atoms with Crippen molar-refractivity contribution < 1.29 is 18.4 Å². The molecule has 2 saturated heterocycles. The molecule has 5 rings (SSSR count). The number of carbonyl (C=O) groups excluding carboxylic acids is 2. The zero-order valence-electron chi connectivity index (χ0n) is 21.3. The van der Waals surface area contributed by atoms with Crippen molar-refractivity contribution in [1.29, 1.82) is 0 Å². The molecule has 9 heteroatoms. The Balaban J connectivity index is 1.22. The standard InChI is InChI=1S/C28H34ClFN4O3/c1-19-16-24-26(37-19)17-25(34(24)18-21-22(29)6-4-7-23(21)30)28(36)33-14-8-20(9-15-33)27(35)31-10-5-13-32-11-2-3-12-32/h4,6-7,16-17,20H,2-3,5,8-15,18H2,1H3,(H,31,35). The zero-order valence-corrected chi connectivity index (χ0v) is 22.0. The summed E-state index contributed by atoms with van der Waals surface area (Å²) in [5, 5.41) is 3.40. The summed E-state index contributed by atoms with van der Waals surface area (Å²) < 4.78 is 22.1. The van der Waals surface area contributed by atoms with E-state index in [2.05, 4.69) is 10.2 Å². The number of carbonyl (C=O) groups is 2. The summed E-state index contributed by atoms with van der Waals surface area (Å²) in [6, 6.07) is 8.14. The fraction of sp³-hybridized carbons (Fsp3) is 0.500. The molecule has 1 aromatic carbocycles. The van der Waals surface area contributed by atoms with Crippen LogP contribution >= 0.6 is 11.6 Å². The molecule has 198 valence electrons. The fourth-order valence-corrected chi connectivity index (χ4v) is 5.75. The molecule has 3 aromatic rings. The van der Waals surface area contributed by atoms with Crippen LogP contribution in [0.5, 0.6) is 0 Å². The number of nitrogens with one attached hydrogen (secondary N) is 1. The molecule has 2 fully saturated rings. The summed E-state index contributed by atoms with van der Waals surface area (Å²) in [5.41, 5.74) is 2.06. The molecule has 0 saturated carbocycles. The van der Waals surface area contributed by atoms with Crippen LogP contribution in [0.3, 0.4) is 0 Å². The topological polar surface area (TPSA) is 70.7 Å². The van der Waals surface area contributed by atoms with Gasteiger partial charge in [0, 0.05) is 48.3 Å². The van der Waals surface area contributed by atoms with E-state index >= 15 is 0 Å². The first-order valence-corrected chi connectivity index (χ1v) is 13.6. The number of likely N-dealkylation sites (tertiary alicyclic amines) is 2. The van der Waals surface area contributed by atoms with Crippen LogP contribution in [0.4, 0.5) is 4.39 Å². The molecule has 7 nitrogen and oxygen atoms in total. The van der Waals surface area contributed by atoms with E-state index in [0.29, 0.717) is 60.1 Å². The van der Waals surface area contributed by atoms with Crippen molar-refractivity contribution in [1.82, 2.24) is 19.7 Å². The van der Waals surface area contributed by atoms with Gasteiger partial charge < -0.3 is 24.1 Å². The number of hydrogen-bond donors (Lipinski definition) is 1. The number of aromatic nitrogens is 1. The minimum atomic E-state index is -0.416. The second-order valence-electron chi connectivity index (χ2n) is 10.2. The van der Waals surface area contributed by atoms with E-state index < -0.39 is 5.82 Å². The average Bonchev–Trinajstić information content (AvgIpc) is 3.61. The minimum absolute atomic E-state index is 0.0825. The molecule has 37 heavy (non-hydrogen) atoms. The van der Waals surface area contributed by atoms with Gasteiger partial charge in [0.15, 0.2) is 5.58 Å². The van der Waals surface area contributed by atoms with Gasteiger partial charge in [0.05, 0.1) is 12.1 Å². The highest BCUT2D eigenvalue weighted by atomic mass is 35.5. The number of halogens is 2. The molecule has 4 heterocycles. The maximum absolute atomic E-state index is 14.6. The normalized spacial score (nSPS) is 17.1. The zero-order chi connectivity index (χ0) is 25.9. The minimum Gasteiger partial charge on any atom is -0.460 e. The van der Waals surface area contributed by atoms with E-state index in [-0.39, 0.29) is 24.3 Å². The number of nitrogens with zero attached hydrogens (tertiary/aromatic N) is 3. The largest absolute Gasteiger partial charge is 0.460 e. The Morgan fingerprint density at radius 1 is 1.14 bits per heavy atom. The molecule has 2 aliphatic rings. The molecule has 1 N–H and O–H groups in total. The summed E-state index contributed by atoms with van der Waals surface area (Å²) >= 11 is 6.30. The first-order chi connectivity index (χ1) is 17.9. The van der Waals surface area contributed by atoms with E-state index in [0.717, 1.165) is 18.5 Å². The summed E-state index contributed by atoms with van der Waals surface area (Å²) in [6.07, 6.45) is 4.76. The Bertz CT molecular complexity index is 1250. The second kappa shape index (κ2) is 11.3. The summed E-state index contributed by atoms with van der Waals surface area (Å²) in [5.74, 6) is 0.142. The van der Waals surface area contributed by atoms with Crippen molar-refractivity contribution in [2.24, 2.45) is 5.92 Å². The van der Waals surface area contributed by atoms with Gasteiger partial charge in [-0.1, -0.05) is 17.7 Å². The van der Waals surface area contributed by atoms with Crippen LogP contribution in [0.1, 0.15) is 53.9 Å². The molecule has 2 aliphatic heterocycles. The number of amides is 2. The summed E-state index contributed by atoms with van der Waals surface area (Å²) in [6.45, 7) is 7.01. The van der Waals surface area contributed by atoms with Crippen molar-refractivity contribution in [2.45, 2.75) is 45.6 Å². The molecule has 0 bridgehead atoms. The van der Waals surface area contributed by atoms with Gasteiger partial charge in [-0.25, -0.2) is 4.39 Å². The first kappa shape index (κ1) is 25.8. The number of fused-ring (bicyclic) bond motifs is 1. The van der Waals surface area contributed by atoms with E-state index in [1.165, 1.54) is 32.0 Å². The Morgan fingerprint density at radius 2 is 1.89 bits per heavy atom. The van der Waals surface area contributed by atoms with Crippen LogP contribution in [-0.2, 0) is 11.3 Å². The molecule has 0 radical (unpaired) electrons. The van der Waals surface area contributed by atoms with Crippen molar-refractivity contribution in [3.8, 4) is 0 Å². The van der Waals surface area contributed by atoms with E-state index in [1.54, 1.807) is 27.7 Å². The molecule has 2 aromatic heterocycles. The molecule has 0 unspecified atom stereocenters. The fourth-order valence-electron chi connectivity index (χ4n) is 5.53. The highest BCUT2D eigenvalue weighted by Gasteiger charge is 2.30. The first-order valence-electron chi connectivity index (χ1n) is 13.2. The van der Waals surface area contributed by atoms with Crippen molar-refractivity contribution in [3.05, 3.63) is 58.2 Å². The van der Waals surface area contributed by atoms with Gasteiger partial charge in [0.2, 0.25) is 5.91 Å². The Labute approximate surface area is 221 Å². The number of piperidine rings is 1. The van der Waals surface area contributed by atoms with Crippen LogP contribution < -0.4 is 5.32 Å². The quantitative estimate of drug-likeness (QED) is 0.425. The predicted molar refractivity (Wildman–Crippen MR) is 141 cm³/mol. The number of hydrogen-bond acceptors (Lipinski definition) is 4. The number of rotatable bonds is 8. The van der Waals surface area contributed by atoms with Crippen molar-refractivity contribution in [2.75, 3.05) is 39.3 Å². The van der Waals surface area contributed by atoms with Crippen LogP contribution in [0.25, 0.3) is 11.1 Å². The van der Waals surface area contributed by atoms with Crippen LogP contribution in [0.15, 0.2) is 34.7 Å². The van der Waals surface area contributed by atoms with Crippen LogP contribution in [-0.4, -0.2) is 65.4 Å². The van der Waals surface area contributed by atoms with Gasteiger partial charge in [-0.05, 0) is 70.8 Å². The maximum atomic E-state index is 14.6. The number of aryl methyl sites for hydroxylation is 1. The van der Waals surface area contributed by atoms with Crippen molar-refractivity contribution >= 4 is 34.5 Å². The Morgan fingerprint density at radius 3 is 2.62 bits per heavy atom. The van der Waals surface area contributed by atoms with Crippen LogP contribution in [0.2, 0.25) is 5.02 Å². The number of benzene rings is 1. The third-order valence-electron chi connectivity index (χ3n) is 7.61. The van der Waals surface area contributed by atoms with E-state index in [4.69, 9.17) is 16.0 Å². The van der Waals surface area contributed by atoms with Gasteiger partial charge in [-0.3, -0.25) is 9.59 Å². The Hall–Kier alpha value is -2.84. The average molecular weight is 529 g/mol. The van der Waals surface area contributed by atoms with E-state index in [9.17, 15) is 14.0 Å². The summed E-state index contributed by atoms with van der Waals surface area (Å²) in [7, 11) is 0. The monoisotopic (exact) mass is 528 g/mol. The molecule has 0 spiro atoms. The Kier molecular flexibility index (Phi) is 7.86. The van der Waals surface area contributed by atoms with Crippen LogP contribution in [0, 0.1) is 18.7 Å². The highest BCUT2D eigenvalue weighted by molar-refractivity contribution is 6.31. The maximum Gasteiger partial charge on any atom is 0.270 e. The molecular weight excluding hydrogens is 495 g/mol. The van der Waals surface area contributed by atoms with Gasteiger partial charge in [-0.2, -0.15) is 0 Å². The molecule has 0 aliphatic carbocycles. The van der Waals surface area contributed by atoms with Crippen molar-refractivity contribution in [3.63, 3.8) is 0 Å². The lowest BCUT2D eigenvalue weighted by molar-refractivity contribution is -0.126. The third kappa shape index (κ3) is 5.70. The van der Waals surface area contributed by atoms with Gasteiger partial charge in [-0.15, -0.1) is 0 Å². The summed E-state index contributed by atoms with van der Waals surface area (Å²) in [4.78, 5) is 30.5. The number of furan rings is 1. The van der Waals surface area contributed by atoms with E-state index in [1.807, 2.05) is 13.0 Å². The predicted octanol–water partition coefficient (Wildman–Crippen LogP) is 4.84. The lowest BCUT2D eigenvalue weighted by atomic mass is 9.95. The van der Waals surface area contributed by atoms with Gasteiger partial charge in [0.1, 0.15) is 17.3 Å². The second-order valence-corrected chi connectivity index (χ2v) is 10.6. The third-order valence-corrected chi connectivity index (χ3v) is 7.97.